The number of nitrogens with two attached hydrogens (primary N) is 1. The van der Waals surface area contributed by atoms with Crippen LogP contribution in [0.2, 0.25) is 0 Å². The molecule has 0 saturated carbocycles. The average Bonchev–Trinajstić information content (AvgIpc) is 2.64. The topological polar surface area (TPSA) is 76.1 Å². The molecule has 28 heavy (non-hydrogen) atoms. The van der Waals surface area contributed by atoms with E-state index >= 15 is 0 Å². The van der Waals surface area contributed by atoms with Crippen molar-refractivity contribution in [3.8, 4) is 5.88 Å². The molecule has 1 aromatic heterocycles. The fourth-order valence-corrected chi connectivity index (χ4v) is 2.75. The minimum absolute atomic E-state index is 0.0769. The maximum Gasteiger partial charge on any atom is 0.226 e. The van der Waals surface area contributed by atoms with Crippen molar-refractivity contribution in [3.63, 3.8) is 0 Å². The fraction of sp³-hybridized carbons (Fsp3) is 0.409. The zero-order valence-corrected chi connectivity index (χ0v) is 17.6. The predicted molar refractivity (Wildman–Crippen MR) is 116 cm³/mol. The van der Waals surface area contributed by atoms with Gasteiger partial charge in [0.05, 0.1) is 6.10 Å². The van der Waals surface area contributed by atoms with Crippen LogP contribution in [0.3, 0.4) is 0 Å². The predicted octanol–water partition coefficient (Wildman–Crippen LogP) is 3.45. The molecule has 0 amide bonds. The fourth-order valence-electron chi connectivity index (χ4n) is 2.75. The first-order valence-corrected chi connectivity index (χ1v) is 9.57. The SMILES string of the molecule is C=C(C)/C(N)=C\C=C(/C)C1=C(CNc2nccc(OC(C)C)n2)CC[N+](C)=C1. The Hall–Kier alpha value is -2.89. The largest absolute Gasteiger partial charge is 0.475 e. The Morgan fingerprint density at radius 3 is 2.82 bits per heavy atom. The molecule has 2 heterocycles. The monoisotopic (exact) mass is 382 g/mol. The van der Waals surface area contributed by atoms with Gasteiger partial charge in [-0.3, -0.25) is 0 Å². The highest BCUT2D eigenvalue weighted by Gasteiger charge is 2.17. The zero-order valence-electron chi connectivity index (χ0n) is 17.6. The summed E-state index contributed by atoms with van der Waals surface area (Å²) in [6, 6.07) is 1.77. The second-order valence-electron chi connectivity index (χ2n) is 7.37. The summed E-state index contributed by atoms with van der Waals surface area (Å²) in [7, 11) is 2.09. The number of nitrogens with one attached hydrogen (secondary N) is 1. The standard InChI is InChI=1S/C22H32N5O/c1-15(2)20(23)8-7-17(5)19-14-27(6)12-10-18(19)13-25-22-24-11-9-21(26-22)28-16(3)4/h7-9,11,14,16H,1,10,12-13,23H2,2-6H3,(H,24,25,26)/q+1/b17-7+,20-8+. The van der Waals surface area contributed by atoms with Crippen LogP contribution >= 0.6 is 0 Å². The molecule has 1 aliphatic rings. The summed E-state index contributed by atoms with van der Waals surface area (Å²) in [5.41, 5.74) is 11.2. The molecule has 150 valence electrons. The number of ether oxygens (including phenoxy) is 1. The second kappa shape index (κ2) is 9.88. The zero-order chi connectivity index (χ0) is 20.7. The van der Waals surface area contributed by atoms with Crippen molar-refractivity contribution in [3.05, 3.63) is 59.0 Å². The normalized spacial score (nSPS) is 15.6. The molecule has 0 unspecified atom stereocenters. The lowest BCUT2D eigenvalue weighted by Gasteiger charge is -2.17. The third-order valence-corrected chi connectivity index (χ3v) is 4.37. The Kier molecular flexibility index (Phi) is 7.55. The van der Waals surface area contributed by atoms with Gasteiger partial charge in [-0.1, -0.05) is 12.7 Å². The van der Waals surface area contributed by atoms with Crippen LogP contribution in [0.5, 0.6) is 5.88 Å². The number of aromatic nitrogens is 2. The summed E-state index contributed by atoms with van der Waals surface area (Å²) in [4.78, 5) is 8.72. The minimum Gasteiger partial charge on any atom is -0.475 e. The van der Waals surface area contributed by atoms with Crippen LogP contribution < -0.4 is 15.8 Å². The van der Waals surface area contributed by atoms with Crippen LogP contribution in [-0.4, -0.2) is 47.0 Å². The average molecular weight is 383 g/mol. The van der Waals surface area contributed by atoms with Crippen molar-refractivity contribution in [2.45, 2.75) is 40.2 Å². The Labute approximate surface area is 168 Å². The molecule has 6 nitrogen and oxygen atoms in total. The van der Waals surface area contributed by atoms with E-state index in [0.717, 1.165) is 24.1 Å². The van der Waals surface area contributed by atoms with E-state index in [9.17, 15) is 0 Å². The van der Waals surface area contributed by atoms with E-state index in [4.69, 9.17) is 10.5 Å². The van der Waals surface area contributed by atoms with E-state index in [0.29, 0.717) is 24.1 Å². The van der Waals surface area contributed by atoms with Gasteiger partial charge in [-0.2, -0.15) is 4.98 Å². The molecular weight excluding hydrogens is 350 g/mol. The Morgan fingerprint density at radius 2 is 2.14 bits per heavy atom. The van der Waals surface area contributed by atoms with Crippen molar-refractivity contribution in [1.29, 1.82) is 0 Å². The smallest absolute Gasteiger partial charge is 0.226 e. The first-order chi connectivity index (χ1) is 13.3. The van der Waals surface area contributed by atoms with Gasteiger partial charge in [-0.05, 0) is 50.5 Å². The molecule has 0 aromatic carbocycles. The molecule has 0 atom stereocenters. The number of hydrogen-bond donors (Lipinski definition) is 2. The molecule has 0 fully saturated rings. The van der Waals surface area contributed by atoms with Gasteiger partial charge < -0.3 is 15.8 Å². The van der Waals surface area contributed by atoms with Crippen molar-refractivity contribution in [2.24, 2.45) is 5.73 Å². The quantitative estimate of drug-likeness (QED) is 0.532. The van der Waals surface area contributed by atoms with Crippen LogP contribution in [0, 0.1) is 0 Å². The van der Waals surface area contributed by atoms with Gasteiger partial charge in [0, 0.05) is 36.5 Å². The Balaban J connectivity index is 2.20. The highest BCUT2D eigenvalue weighted by atomic mass is 16.5. The lowest BCUT2D eigenvalue weighted by molar-refractivity contribution is -0.492. The van der Waals surface area contributed by atoms with E-state index in [-0.39, 0.29) is 6.10 Å². The highest BCUT2D eigenvalue weighted by Crippen LogP contribution is 2.20. The molecule has 3 N–H and O–H groups in total. The van der Waals surface area contributed by atoms with Gasteiger partial charge in [0.25, 0.3) is 0 Å². The second-order valence-corrected chi connectivity index (χ2v) is 7.37. The molecule has 2 rings (SSSR count). The molecule has 0 spiro atoms. The van der Waals surface area contributed by atoms with Crippen molar-refractivity contribution in [2.75, 3.05) is 25.5 Å². The summed E-state index contributed by atoms with van der Waals surface area (Å²) in [6.45, 7) is 13.5. The van der Waals surface area contributed by atoms with Crippen LogP contribution in [0.25, 0.3) is 0 Å². The van der Waals surface area contributed by atoms with Crippen LogP contribution in [-0.2, 0) is 0 Å². The maximum atomic E-state index is 5.98. The lowest BCUT2D eigenvalue weighted by Crippen LogP contribution is -2.22. The van der Waals surface area contributed by atoms with Crippen LogP contribution in [0.1, 0.15) is 34.1 Å². The highest BCUT2D eigenvalue weighted by molar-refractivity contribution is 5.83. The van der Waals surface area contributed by atoms with Crippen molar-refractivity contribution in [1.82, 2.24) is 9.97 Å². The van der Waals surface area contributed by atoms with Crippen LogP contribution in [0.4, 0.5) is 5.95 Å². The van der Waals surface area contributed by atoms with Crippen molar-refractivity contribution >= 4 is 12.2 Å². The lowest BCUT2D eigenvalue weighted by atomic mass is 9.96. The first-order valence-electron chi connectivity index (χ1n) is 9.57. The Morgan fingerprint density at radius 1 is 1.39 bits per heavy atom. The molecule has 0 radical (unpaired) electrons. The molecule has 6 heteroatoms. The van der Waals surface area contributed by atoms with E-state index in [1.165, 1.54) is 11.1 Å². The van der Waals surface area contributed by atoms with Gasteiger partial charge in [0.15, 0.2) is 6.21 Å². The molecular formula is C22H32N5O+. The number of hydrogen-bond acceptors (Lipinski definition) is 5. The summed E-state index contributed by atoms with van der Waals surface area (Å²) < 4.78 is 7.85. The van der Waals surface area contributed by atoms with E-state index in [1.807, 2.05) is 32.9 Å². The van der Waals surface area contributed by atoms with Gasteiger partial charge in [-0.15, -0.1) is 0 Å². The van der Waals surface area contributed by atoms with Crippen LogP contribution in [0.15, 0.2) is 59.0 Å². The molecule has 1 aliphatic heterocycles. The van der Waals surface area contributed by atoms with E-state index in [1.54, 1.807) is 12.3 Å². The summed E-state index contributed by atoms with van der Waals surface area (Å²) >= 11 is 0. The summed E-state index contributed by atoms with van der Waals surface area (Å²) in [6.07, 6.45) is 8.89. The third kappa shape index (κ3) is 6.37. The number of anilines is 1. The van der Waals surface area contributed by atoms with Crippen molar-refractivity contribution < 1.29 is 9.31 Å². The van der Waals surface area contributed by atoms with E-state index < -0.39 is 0 Å². The molecule has 0 aliphatic carbocycles. The molecule has 1 aromatic rings. The van der Waals surface area contributed by atoms with E-state index in [2.05, 4.69) is 46.6 Å². The number of nitrogens with zero attached hydrogens (tertiary/aromatic N) is 3. The summed E-state index contributed by atoms with van der Waals surface area (Å²) in [5.74, 6) is 1.14. The maximum absolute atomic E-state index is 5.98. The number of allylic oxidation sites excluding steroid dienone is 5. The van der Waals surface area contributed by atoms with Gasteiger partial charge in [0.2, 0.25) is 11.8 Å². The van der Waals surface area contributed by atoms with Gasteiger partial charge in [0.1, 0.15) is 13.6 Å². The number of rotatable bonds is 8. The van der Waals surface area contributed by atoms with Gasteiger partial charge >= 0.3 is 0 Å². The third-order valence-electron chi connectivity index (χ3n) is 4.37. The van der Waals surface area contributed by atoms with Gasteiger partial charge in [-0.25, -0.2) is 9.56 Å². The Bertz CT molecular complexity index is 846. The first kappa shape index (κ1) is 21.4. The molecule has 0 saturated heterocycles. The molecule has 0 bridgehead atoms. The summed E-state index contributed by atoms with van der Waals surface area (Å²) in [5, 5.41) is 3.33. The minimum atomic E-state index is 0.0769.